The number of carboxylic acids is 1. The summed E-state index contributed by atoms with van der Waals surface area (Å²) in [6.45, 7) is 1.54. The molecule has 0 saturated heterocycles. The number of nitrogens with zero attached hydrogens (tertiary/aromatic N) is 1. The zero-order valence-corrected chi connectivity index (χ0v) is 20.5. The maximum atomic E-state index is 12.5. The number of rotatable bonds is 7. The molecule has 1 aliphatic rings. The maximum Gasteiger partial charge on any atom is 1.00 e. The first-order valence-electron chi connectivity index (χ1n) is 9.83. The Morgan fingerprint density at radius 2 is 1.76 bits per heavy atom. The van der Waals surface area contributed by atoms with E-state index in [2.05, 4.69) is 10.6 Å². The summed E-state index contributed by atoms with van der Waals surface area (Å²) in [5.41, 5.74) is 0.765. The molecule has 33 heavy (non-hydrogen) atoms. The number of carbonyl (C=O) groups is 4. The molecule has 2 unspecified atom stereocenters. The van der Waals surface area contributed by atoms with E-state index in [-0.39, 0.29) is 29.6 Å². The average molecular weight is 459 g/mol. The minimum Gasteiger partial charge on any atom is -0.550 e. The zero-order chi connectivity index (χ0) is 23.3. The van der Waals surface area contributed by atoms with E-state index in [4.69, 9.17) is 4.74 Å². The number of carbonyl (C=O) groups excluding carboxylic acids is 4. The van der Waals surface area contributed by atoms with Gasteiger partial charge in [-0.1, -0.05) is 30.3 Å². The van der Waals surface area contributed by atoms with Gasteiger partial charge in [-0.05, 0) is 36.8 Å². The summed E-state index contributed by atoms with van der Waals surface area (Å²) in [5.74, 6) is -1.47. The predicted molar refractivity (Wildman–Crippen MR) is 112 cm³/mol. The first-order chi connectivity index (χ1) is 15.2. The van der Waals surface area contributed by atoms with Crippen LogP contribution in [0.2, 0.25) is 0 Å². The Morgan fingerprint density at radius 3 is 2.42 bits per heavy atom. The van der Waals surface area contributed by atoms with Gasteiger partial charge in [-0.2, -0.15) is 0 Å². The number of benzene rings is 2. The normalized spacial score (nSPS) is 16.2. The number of carboxylic acid groups (broad SMARTS) is 1. The van der Waals surface area contributed by atoms with Gasteiger partial charge in [0.05, 0.1) is 6.04 Å². The average Bonchev–Trinajstić information content (AvgIpc) is 2.75. The molecule has 2 N–H and O–H groups in total. The van der Waals surface area contributed by atoms with Crippen LogP contribution in [0.5, 0.6) is 11.5 Å². The van der Waals surface area contributed by atoms with Crippen LogP contribution in [0.3, 0.4) is 0 Å². The molecule has 1 heterocycles. The molecule has 2 atom stereocenters. The van der Waals surface area contributed by atoms with E-state index in [1.807, 2.05) is 18.2 Å². The molecule has 166 valence electrons. The molecule has 0 saturated carbocycles. The SMILES string of the molecule is CC1=CN(C)C(=O)C(NC(=O)NC(CC(=O)[O-])c2cccc(Oc3ccccc3)c2)C1=O.[Na+]. The number of aliphatic carboxylic acids is 1. The van der Waals surface area contributed by atoms with E-state index in [1.54, 1.807) is 36.4 Å². The van der Waals surface area contributed by atoms with Gasteiger partial charge < -0.3 is 30.2 Å². The van der Waals surface area contributed by atoms with Crippen LogP contribution in [0.15, 0.2) is 66.4 Å². The number of para-hydroxylation sites is 1. The van der Waals surface area contributed by atoms with E-state index in [0.717, 1.165) is 0 Å². The second-order valence-electron chi connectivity index (χ2n) is 7.29. The number of hydrogen-bond acceptors (Lipinski definition) is 6. The Hall–Kier alpha value is -3.14. The number of amides is 3. The summed E-state index contributed by atoms with van der Waals surface area (Å²) >= 11 is 0. The molecule has 3 rings (SSSR count). The first-order valence-corrected chi connectivity index (χ1v) is 9.83. The fourth-order valence-electron chi connectivity index (χ4n) is 3.26. The van der Waals surface area contributed by atoms with Crippen molar-refractivity contribution in [2.75, 3.05) is 7.05 Å². The fraction of sp³-hybridized carbons (Fsp3) is 0.217. The van der Waals surface area contributed by atoms with Crippen molar-refractivity contribution in [2.24, 2.45) is 0 Å². The second-order valence-corrected chi connectivity index (χ2v) is 7.29. The summed E-state index contributed by atoms with van der Waals surface area (Å²) in [6, 6.07) is 12.3. The molecule has 2 aromatic rings. The van der Waals surface area contributed by atoms with Crippen molar-refractivity contribution in [3.63, 3.8) is 0 Å². The Morgan fingerprint density at radius 1 is 1.09 bits per heavy atom. The summed E-state index contributed by atoms with van der Waals surface area (Å²) in [4.78, 5) is 49.6. The summed E-state index contributed by atoms with van der Waals surface area (Å²) < 4.78 is 5.76. The van der Waals surface area contributed by atoms with Crippen LogP contribution >= 0.6 is 0 Å². The van der Waals surface area contributed by atoms with Gasteiger partial charge in [-0.15, -0.1) is 0 Å². The maximum absolute atomic E-state index is 12.5. The van der Waals surface area contributed by atoms with Gasteiger partial charge in [-0.3, -0.25) is 9.59 Å². The van der Waals surface area contributed by atoms with Crippen molar-refractivity contribution in [1.82, 2.24) is 15.5 Å². The monoisotopic (exact) mass is 459 g/mol. The standard InChI is InChI=1S/C23H23N3O6.Na/c1-14-13-26(2)22(30)20(21(14)29)25-23(31)24-18(12-19(27)28)15-7-6-10-17(11-15)32-16-8-4-3-5-9-16;/h3-11,13,18,20H,12H2,1-2H3,(H,27,28)(H2,24,25,31);/q;+1/p-1. The van der Waals surface area contributed by atoms with Gasteiger partial charge >= 0.3 is 35.6 Å². The molecule has 0 bridgehead atoms. The van der Waals surface area contributed by atoms with Gasteiger partial charge in [0.2, 0.25) is 0 Å². The number of Topliss-reactive ketones (excluding diaryl/α,β-unsaturated/α-hetero) is 1. The number of ketones is 1. The van der Waals surface area contributed by atoms with Gasteiger partial charge in [0.25, 0.3) is 5.91 Å². The van der Waals surface area contributed by atoms with Crippen molar-refractivity contribution in [1.29, 1.82) is 0 Å². The molecule has 0 fully saturated rings. The summed E-state index contributed by atoms with van der Waals surface area (Å²) in [7, 11) is 1.47. The van der Waals surface area contributed by atoms with Crippen LogP contribution in [0.4, 0.5) is 4.79 Å². The minimum atomic E-state index is -1.39. The van der Waals surface area contributed by atoms with Gasteiger partial charge in [0, 0.05) is 31.2 Å². The Labute approximate surface area is 213 Å². The van der Waals surface area contributed by atoms with Crippen molar-refractivity contribution >= 4 is 23.7 Å². The fourth-order valence-corrected chi connectivity index (χ4v) is 3.26. The van der Waals surface area contributed by atoms with Crippen LogP contribution in [0.25, 0.3) is 0 Å². The van der Waals surface area contributed by atoms with Crippen LogP contribution in [0.1, 0.15) is 24.9 Å². The molecule has 9 nitrogen and oxygen atoms in total. The van der Waals surface area contributed by atoms with Crippen molar-refractivity contribution in [2.45, 2.75) is 25.4 Å². The second kappa shape index (κ2) is 11.6. The van der Waals surface area contributed by atoms with E-state index in [0.29, 0.717) is 22.6 Å². The predicted octanol–water partition coefficient (Wildman–Crippen LogP) is -1.72. The quantitative estimate of drug-likeness (QED) is 0.375. The molecule has 0 aliphatic carbocycles. The zero-order valence-electron chi connectivity index (χ0n) is 18.5. The van der Waals surface area contributed by atoms with Crippen LogP contribution in [-0.4, -0.2) is 41.7 Å². The van der Waals surface area contributed by atoms with Gasteiger partial charge in [0.15, 0.2) is 11.8 Å². The van der Waals surface area contributed by atoms with Crippen molar-refractivity contribution < 1.29 is 58.6 Å². The van der Waals surface area contributed by atoms with E-state index >= 15 is 0 Å². The molecular weight excluding hydrogens is 437 g/mol. The molecule has 3 amide bonds. The van der Waals surface area contributed by atoms with Crippen molar-refractivity contribution in [3.05, 3.63) is 71.9 Å². The minimum absolute atomic E-state index is 0. The molecule has 0 spiro atoms. The van der Waals surface area contributed by atoms with Gasteiger partial charge in [-0.25, -0.2) is 4.79 Å². The van der Waals surface area contributed by atoms with E-state index in [9.17, 15) is 24.3 Å². The topological polar surface area (TPSA) is 128 Å². The number of ether oxygens (including phenoxy) is 1. The molecule has 0 aromatic heterocycles. The van der Waals surface area contributed by atoms with Crippen LogP contribution in [-0.2, 0) is 14.4 Å². The first kappa shape index (κ1) is 26.1. The summed E-state index contributed by atoms with van der Waals surface area (Å²) in [5, 5.41) is 16.1. The van der Waals surface area contributed by atoms with Gasteiger partial charge in [0.1, 0.15) is 11.5 Å². The molecular formula is C23H22N3NaO6. The Bertz CT molecular complexity index is 1070. The molecule has 2 aromatic carbocycles. The molecule has 1 aliphatic heterocycles. The molecule has 10 heteroatoms. The third-order valence-corrected chi connectivity index (χ3v) is 4.82. The number of urea groups is 1. The van der Waals surface area contributed by atoms with Crippen LogP contribution in [0, 0.1) is 0 Å². The smallest absolute Gasteiger partial charge is 0.550 e. The third-order valence-electron chi connectivity index (χ3n) is 4.82. The third kappa shape index (κ3) is 6.92. The van der Waals surface area contributed by atoms with Crippen LogP contribution < -0.4 is 50.0 Å². The van der Waals surface area contributed by atoms with E-state index in [1.165, 1.54) is 25.1 Å². The molecule has 0 radical (unpaired) electrons. The number of nitrogens with one attached hydrogen (secondary N) is 2. The summed E-state index contributed by atoms with van der Waals surface area (Å²) in [6.07, 6.45) is 0.867. The largest absolute Gasteiger partial charge is 1.00 e. The number of likely N-dealkylation sites (N-methyl/N-ethyl adjacent to an activating group) is 1. The van der Waals surface area contributed by atoms with Crippen molar-refractivity contribution in [3.8, 4) is 11.5 Å². The van der Waals surface area contributed by atoms with E-state index < -0.39 is 42.2 Å². The Balaban J connectivity index is 0.00000385. The number of hydrogen-bond donors (Lipinski definition) is 2. The Kier molecular flexibility index (Phi) is 9.22.